The molecule has 5 atom stereocenters. The van der Waals surface area contributed by atoms with Gasteiger partial charge in [-0.05, 0) is 55.8 Å². The second kappa shape index (κ2) is 24.1. The quantitative estimate of drug-likeness (QED) is 0.0418. The summed E-state index contributed by atoms with van der Waals surface area (Å²) >= 11 is 0. The van der Waals surface area contributed by atoms with Crippen molar-refractivity contribution < 1.29 is 37.5 Å². The fraction of sp³-hybridized carbons (Fsp3) is 0.455. The smallest absolute Gasteiger partial charge is 0.335 e. The predicted octanol–water partition coefficient (Wildman–Crippen LogP) is 2.77. The summed E-state index contributed by atoms with van der Waals surface area (Å²) in [6.07, 6.45) is 4.33. The normalized spacial score (nSPS) is 16.0. The van der Waals surface area contributed by atoms with Crippen LogP contribution < -0.4 is 37.3 Å². The Morgan fingerprint density at radius 2 is 1.30 bits per heavy atom. The van der Waals surface area contributed by atoms with Gasteiger partial charge in [-0.1, -0.05) is 124 Å². The van der Waals surface area contributed by atoms with Crippen molar-refractivity contribution in [1.82, 2.24) is 37.3 Å². The molecule has 330 valence electrons. The van der Waals surface area contributed by atoms with Gasteiger partial charge in [-0.3, -0.25) is 24.5 Å². The van der Waals surface area contributed by atoms with Crippen molar-refractivity contribution in [3.8, 4) is 0 Å². The average Bonchev–Trinajstić information content (AvgIpc) is 3.24. The number of benzene rings is 3. The number of ketones is 1. The Kier molecular flexibility index (Phi) is 19.0. The minimum atomic E-state index is -3.81. The highest BCUT2D eigenvalue weighted by molar-refractivity contribution is 7.90. The zero-order chi connectivity index (χ0) is 44.4. The van der Waals surface area contributed by atoms with Gasteiger partial charge in [0.25, 0.3) is 0 Å². The monoisotopic (exact) mass is 860 g/mol. The zero-order valence-corrected chi connectivity index (χ0v) is 36.0. The average molecular weight is 861 g/mol. The Labute approximate surface area is 358 Å². The molecular weight excluding hydrogens is 801 g/mol. The number of nitrogens with zero attached hydrogens (tertiary/aromatic N) is 1. The van der Waals surface area contributed by atoms with Crippen LogP contribution in [-0.4, -0.2) is 98.7 Å². The fourth-order valence-electron chi connectivity index (χ4n) is 7.48. The summed E-state index contributed by atoms with van der Waals surface area (Å²) in [7, 11) is -2.17. The number of amides is 5. The van der Waals surface area contributed by atoms with Crippen LogP contribution >= 0.6 is 0 Å². The third kappa shape index (κ3) is 15.5. The van der Waals surface area contributed by atoms with Gasteiger partial charge in [-0.15, -0.1) is 0 Å². The Morgan fingerprint density at radius 1 is 0.754 bits per heavy atom. The van der Waals surface area contributed by atoms with Gasteiger partial charge < -0.3 is 31.7 Å². The highest BCUT2D eigenvalue weighted by Crippen LogP contribution is 2.27. The first-order valence-corrected chi connectivity index (χ1v) is 22.7. The molecule has 1 aliphatic rings. The molecule has 0 radical (unpaired) electrons. The number of sulfone groups is 1. The second-order valence-corrected chi connectivity index (χ2v) is 17.5. The van der Waals surface area contributed by atoms with Crippen molar-refractivity contribution >= 4 is 45.1 Å². The molecule has 0 heterocycles. The molecule has 61 heavy (non-hydrogen) atoms. The fourth-order valence-corrected chi connectivity index (χ4v) is 8.32. The molecule has 4 rings (SSSR count). The molecule has 17 heteroatoms. The predicted molar refractivity (Wildman–Crippen MR) is 234 cm³/mol. The van der Waals surface area contributed by atoms with E-state index in [4.69, 9.17) is 0 Å². The van der Waals surface area contributed by atoms with Gasteiger partial charge in [0.1, 0.15) is 33.9 Å². The number of rotatable bonds is 22. The van der Waals surface area contributed by atoms with E-state index < -0.39 is 82.3 Å². The molecule has 1 saturated carbocycles. The first-order valence-electron chi connectivity index (χ1n) is 20.7. The summed E-state index contributed by atoms with van der Waals surface area (Å²) in [6.45, 7) is 2.63. The summed E-state index contributed by atoms with van der Waals surface area (Å²) in [5.74, 6) is -3.05. The molecule has 0 bridgehead atoms. The Bertz CT molecular complexity index is 1990. The molecular formula is C44H60N8O8S. The van der Waals surface area contributed by atoms with Crippen LogP contribution in [0.4, 0.5) is 4.79 Å². The number of carbonyl (C=O) groups is 5. The maximum Gasteiger partial charge on any atom is 0.335 e. The number of likely N-dealkylation sites (N-methyl/N-ethyl adjacent to an activating group) is 1. The topological polar surface area (TPSA) is 236 Å². The zero-order valence-electron chi connectivity index (χ0n) is 35.2. The number of carbonyl (C=O) groups excluding carboxylic acids is 5. The van der Waals surface area contributed by atoms with E-state index in [-0.39, 0.29) is 23.8 Å². The molecule has 5 amide bonds. The molecule has 16 nitrogen and oxygen atoms in total. The van der Waals surface area contributed by atoms with E-state index in [1.165, 1.54) is 6.92 Å². The number of hydrogen-bond acceptors (Lipinski definition) is 11. The van der Waals surface area contributed by atoms with Crippen LogP contribution in [0.5, 0.6) is 0 Å². The minimum Gasteiger partial charge on any atom is -0.373 e. The Morgan fingerprint density at radius 3 is 1.80 bits per heavy atom. The van der Waals surface area contributed by atoms with Crippen LogP contribution in [0.3, 0.4) is 0 Å². The Hall–Kier alpha value is -5.49. The van der Waals surface area contributed by atoms with Gasteiger partial charge >= 0.3 is 6.03 Å². The van der Waals surface area contributed by atoms with Crippen LogP contribution in [0.2, 0.25) is 0 Å². The number of hydrogen-bond donors (Lipinski definition) is 8. The van der Waals surface area contributed by atoms with Crippen molar-refractivity contribution in [1.29, 1.82) is 0 Å². The van der Waals surface area contributed by atoms with Crippen molar-refractivity contribution in [2.75, 3.05) is 25.6 Å². The molecule has 8 N–H and O–H groups in total. The summed E-state index contributed by atoms with van der Waals surface area (Å²) in [5, 5.41) is 32.5. The number of aliphatic hydroxyl groups is 1. The molecule has 3 aromatic rings. The number of Topliss-reactive ketones (excluding diaryl/α,β-unsaturated/α-hetero) is 1. The molecule has 1 fully saturated rings. The van der Waals surface area contributed by atoms with E-state index in [2.05, 4.69) is 42.4 Å². The summed E-state index contributed by atoms with van der Waals surface area (Å²) in [6, 6.07) is 21.5. The van der Waals surface area contributed by atoms with E-state index in [9.17, 15) is 37.5 Å². The lowest BCUT2D eigenvalue weighted by Crippen LogP contribution is -2.59. The van der Waals surface area contributed by atoms with Crippen molar-refractivity contribution in [2.45, 2.75) is 95.2 Å². The third-order valence-electron chi connectivity index (χ3n) is 10.5. The van der Waals surface area contributed by atoms with Crippen molar-refractivity contribution in [3.63, 3.8) is 0 Å². The highest BCUT2D eigenvalue weighted by Gasteiger charge is 2.35. The van der Waals surface area contributed by atoms with Gasteiger partial charge in [0.2, 0.25) is 17.7 Å². The van der Waals surface area contributed by atoms with E-state index in [0.29, 0.717) is 12.0 Å². The van der Waals surface area contributed by atoms with Crippen LogP contribution in [-0.2, 0) is 29.0 Å². The number of hydrazone groups is 1. The van der Waals surface area contributed by atoms with Gasteiger partial charge in [0.05, 0.1) is 30.4 Å². The lowest BCUT2D eigenvalue weighted by Gasteiger charge is -2.31. The molecule has 3 aromatic carbocycles. The molecule has 5 unspecified atom stereocenters. The molecule has 0 aliphatic heterocycles. The second-order valence-electron chi connectivity index (χ2n) is 15.3. The summed E-state index contributed by atoms with van der Waals surface area (Å²) in [5.41, 5.74) is 4.32. The molecule has 0 aromatic heterocycles. The lowest BCUT2D eigenvalue weighted by atomic mass is 9.83. The molecule has 0 saturated heterocycles. The highest BCUT2D eigenvalue weighted by atomic mass is 32.2. The van der Waals surface area contributed by atoms with Crippen LogP contribution in [0.1, 0.15) is 87.6 Å². The largest absolute Gasteiger partial charge is 0.373 e. The van der Waals surface area contributed by atoms with Gasteiger partial charge in [-0.25, -0.2) is 18.6 Å². The number of nitrogens with one attached hydrogen (secondary N) is 7. The minimum absolute atomic E-state index is 0.00436. The first-order chi connectivity index (χ1) is 29.2. The summed E-state index contributed by atoms with van der Waals surface area (Å²) in [4.78, 5) is 66.9. The first kappa shape index (κ1) is 48.2. The molecule has 0 spiro atoms. The third-order valence-corrected chi connectivity index (χ3v) is 11.4. The van der Waals surface area contributed by atoms with Gasteiger partial charge in [0, 0.05) is 6.26 Å². The van der Waals surface area contributed by atoms with Crippen LogP contribution in [0, 0.1) is 5.92 Å². The van der Waals surface area contributed by atoms with Crippen LogP contribution in [0.15, 0.2) is 96.1 Å². The van der Waals surface area contributed by atoms with E-state index in [1.807, 2.05) is 60.7 Å². The number of aliphatic hydroxyl groups excluding tert-OH is 1. The lowest BCUT2D eigenvalue weighted by molar-refractivity contribution is -0.130. The summed E-state index contributed by atoms with van der Waals surface area (Å²) < 4.78 is 25.2. The Balaban J connectivity index is 1.62. The van der Waals surface area contributed by atoms with Crippen LogP contribution in [0.25, 0.3) is 0 Å². The van der Waals surface area contributed by atoms with E-state index >= 15 is 0 Å². The van der Waals surface area contributed by atoms with Gasteiger partial charge in [-0.2, -0.15) is 5.10 Å². The SMILES string of the molecule is CCCC(NC(=O)C(CS(C)(=O)=O)NC(=O)C(NC)C1CCCCC1)/C(=N/NC(=O)NC(c1ccccc1)c1ccccc1)C(O)NCC(=O)NC(C(C)=O)c1ccccc1. The van der Waals surface area contributed by atoms with E-state index in [1.54, 1.807) is 44.3 Å². The van der Waals surface area contributed by atoms with Crippen molar-refractivity contribution in [3.05, 3.63) is 108 Å². The maximum atomic E-state index is 14.1. The van der Waals surface area contributed by atoms with Gasteiger partial charge in [0.15, 0.2) is 5.78 Å². The molecule has 1 aliphatic carbocycles. The van der Waals surface area contributed by atoms with Crippen molar-refractivity contribution in [2.24, 2.45) is 11.0 Å². The maximum absolute atomic E-state index is 14.1. The number of urea groups is 1. The van der Waals surface area contributed by atoms with E-state index in [0.717, 1.165) is 49.5 Å². The standard InChI is InChI=1S/C44H60N8O8S/c1-5-18-34(47-41(55)35(28-61(4,59)60)48-43(57)39(45-3)33-25-16-9-17-26-33)40(42(56)46-27-36(54)49-37(29(2)53)30-19-10-6-11-20-30)51-52-44(58)50-38(31-21-12-7-13-22-31)32-23-14-8-15-24-32/h6-8,10-15,19-24,33-35,37-39,42,45-46,56H,5,9,16-18,25-28H2,1-4H3,(H,47,55)(H,48,57)(H,49,54)(H2,50,52,58)/b51-40-.